The molecule has 9 nitrogen and oxygen atoms in total. The van der Waals surface area contributed by atoms with Crippen LogP contribution in [0.15, 0.2) is 94.7 Å². The van der Waals surface area contributed by atoms with E-state index in [-0.39, 0.29) is 43.4 Å². The number of alkyl halides is 3. The summed E-state index contributed by atoms with van der Waals surface area (Å²) in [6.07, 6.45) is -4.74. The standard InChI is InChI=1S/C28H21Cl2F3N2O7S2/c1-40-25-15-19(11-13-21(25)29)43(36,37)35-24-6-4-3-5-23(24)34-28(35,18-9-7-17(8-10-18)27(31,32)33)42-44(38,39)20-12-14-22(30)26(16-20)41-2/h3-16,34H,1-2H3/t28-/m0/s1. The molecule has 0 bridgehead atoms. The van der Waals surface area contributed by atoms with E-state index in [9.17, 15) is 30.0 Å². The molecular weight excluding hydrogens is 668 g/mol. The number of methoxy groups -OCH3 is 2. The smallest absolute Gasteiger partial charge is 0.416 e. The maximum absolute atomic E-state index is 14.5. The molecule has 4 aromatic rings. The number of sulfonamides is 1. The largest absolute Gasteiger partial charge is 0.495 e. The van der Waals surface area contributed by atoms with Crippen LogP contribution in [0.3, 0.4) is 0 Å². The molecule has 1 heterocycles. The predicted octanol–water partition coefficient (Wildman–Crippen LogP) is 6.87. The first-order valence-electron chi connectivity index (χ1n) is 12.4. The van der Waals surface area contributed by atoms with Gasteiger partial charge in [-0.3, -0.25) is 0 Å². The Bertz CT molecular complexity index is 1960. The first-order valence-corrected chi connectivity index (χ1v) is 16.0. The van der Waals surface area contributed by atoms with Crippen molar-refractivity contribution in [2.45, 2.75) is 21.8 Å². The Morgan fingerprint density at radius 2 is 1.32 bits per heavy atom. The molecule has 1 atom stereocenters. The Kier molecular flexibility index (Phi) is 8.18. The highest BCUT2D eigenvalue weighted by Crippen LogP contribution is 2.51. The Balaban J connectivity index is 1.79. The minimum Gasteiger partial charge on any atom is -0.495 e. The molecular formula is C28H21Cl2F3N2O7S2. The van der Waals surface area contributed by atoms with Gasteiger partial charge >= 0.3 is 16.3 Å². The molecule has 0 aromatic heterocycles. The zero-order valence-corrected chi connectivity index (χ0v) is 25.7. The highest BCUT2D eigenvalue weighted by Gasteiger charge is 2.56. The van der Waals surface area contributed by atoms with E-state index in [4.69, 9.17) is 36.9 Å². The quantitative estimate of drug-likeness (QED) is 0.200. The second-order valence-corrected chi connectivity index (χ2v) is 13.4. The lowest BCUT2D eigenvalue weighted by Gasteiger charge is -2.38. The fourth-order valence-electron chi connectivity index (χ4n) is 4.54. The highest BCUT2D eigenvalue weighted by molar-refractivity contribution is 7.93. The molecule has 44 heavy (non-hydrogen) atoms. The fraction of sp³-hybridized carbons (Fsp3) is 0.143. The van der Waals surface area contributed by atoms with Gasteiger partial charge in [-0.05, 0) is 48.5 Å². The van der Waals surface area contributed by atoms with Gasteiger partial charge in [0.1, 0.15) is 11.5 Å². The lowest BCUT2D eigenvalue weighted by molar-refractivity contribution is -0.137. The molecule has 0 amide bonds. The van der Waals surface area contributed by atoms with Gasteiger partial charge in [0, 0.05) is 17.7 Å². The number of hydrogen-bond acceptors (Lipinski definition) is 8. The van der Waals surface area contributed by atoms with Crippen LogP contribution in [0.25, 0.3) is 0 Å². The van der Waals surface area contributed by atoms with Crippen LogP contribution in [0, 0.1) is 0 Å². The van der Waals surface area contributed by atoms with Gasteiger partial charge in [0.15, 0.2) is 0 Å². The van der Waals surface area contributed by atoms with E-state index in [0.717, 1.165) is 36.4 Å². The van der Waals surface area contributed by atoms with Crippen molar-refractivity contribution in [2.75, 3.05) is 23.8 Å². The van der Waals surface area contributed by atoms with E-state index >= 15 is 0 Å². The summed E-state index contributed by atoms with van der Waals surface area (Å²) in [5, 5.41) is 2.98. The van der Waals surface area contributed by atoms with Crippen molar-refractivity contribution in [3.05, 3.63) is 106 Å². The molecule has 1 N–H and O–H groups in total. The van der Waals surface area contributed by atoms with Crippen molar-refractivity contribution in [1.29, 1.82) is 0 Å². The Morgan fingerprint density at radius 1 is 0.773 bits per heavy atom. The number of ether oxygens (including phenoxy) is 2. The normalized spacial score (nSPS) is 16.8. The van der Waals surface area contributed by atoms with E-state index in [0.29, 0.717) is 16.4 Å². The molecule has 16 heteroatoms. The maximum Gasteiger partial charge on any atom is 0.416 e. The SMILES string of the molecule is COc1cc(S(=O)(=O)O[C@@]2(c3ccc(C(F)(F)F)cc3)Nc3ccccc3N2S(=O)(=O)c2ccc(Cl)c(OC)c2)ccc1Cl. The third-order valence-electron chi connectivity index (χ3n) is 6.62. The monoisotopic (exact) mass is 688 g/mol. The lowest BCUT2D eigenvalue weighted by atomic mass is 10.1. The number of anilines is 2. The summed E-state index contributed by atoms with van der Waals surface area (Å²) in [5.74, 6) is -2.71. The van der Waals surface area contributed by atoms with Crippen molar-refractivity contribution in [2.24, 2.45) is 0 Å². The molecule has 0 unspecified atom stereocenters. The average molecular weight is 690 g/mol. The first kappa shape index (κ1) is 31.7. The number of nitrogens with one attached hydrogen (secondary N) is 1. The van der Waals surface area contributed by atoms with Gasteiger partial charge in [0.2, 0.25) is 0 Å². The molecule has 0 radical (unpaired) electrons. The van der Waals surface area contributed by atoms with Gasteiger partial charge in [0.05, 0.1) is 51.0 Å². The summed E-state index contributed by atoms with van der Waals surface area (Å²) >= 11 is 12.2. The van der Waals surface area contributed by atoms with Gasteiger partial charge in [-0.25, -0.2) is 16.9 Å². The molecule has 0 aliphatic carbocycles. The molecule has 232 valence electrons. The number of hydrogen-bond donors (Lipinski definition) is 1. The number of rotatable bonds is 8. The molecule has 0 fully saturated rings. The third-order valence-corrected chi connectivity index (χ3v) is 10.3. The first-order chi connectivity index (χ1) is 20.6. The van der Waals surface area contributed by atoms with Gasteiger partial charge in [-0.1, -0.05) is 47.5 Å². The van der Waals surface area contributed by atoms with E-state index in [1.54, 1.807) is 6.07 Å². The van der Waals surface area contributed by atoms with Crippen molar-refractivity contribution >= 4 is 54.7 Å². The van der Waals surface area contributed by atoms with Crippen LogP contribution < -0.4 is 19.1 Å². The molecule has 5 rings (SSSR count). The lowest BCUT2D eigenvalue weighted by Crippen LogP contribution is -2.54. The van der Waals surface area contributed by atoms with Gasteiger partial charge < -0.3 is 14.8 Å². The topological polar surface area (TPSA) is 111 Å². The van der Waals surface area contributed by atoms with Crippen molar-refractivity contribution in [3.63, 3.8) is 0 Å². The van der Waals surface area contributed by atoms with Crippen molar-refractivity contribution < 1.29 is 43.7 Å². The molecule has 0 spiro atoms. The van der Waals surface area contributed by atoms with Crippen LogP contribution >= 0.6 is 23.2 Å². The van der Waals surface area contributed by atoms with E-state index in [1.165, 1.54) is 44.6 Å². The van der Waals surface area contributed by atoms with Crippen LogP contribution in [0.2, 0.25) is 10.0 Å². The van der Waals surface area contributed by atoms with Gasteiger partial charge in [-0.2, -0.15) is 21.6 Å². The van der Waals surface area contributed by atoms with Crippen LogP contribution in [-0.4, -0.2) is 31.1 Å². The predicted molar refractivity (Wildman–Crippen MR) is 157 cm³/mol. The number of nitrogens with zero attached hydrogens (tertiary/aromatic N) is 1. The Hall–Kier alpha value is -3.69. The summed E-state index contributed by atoms with van der Waals surface area (Å²) in [6, 6.07) is 16.0. The van der Waals surface area contributed by atoms with Gasteiger partial charge in [0.25, 0.3) is 15.9 Å². The summed E-state index contributed by atoms with van der Waals surface area (Å²) in [5.41, 5.74) is -1.32. The third kappa shape index (κ3) is 5.52. The molecule has 1 aliphatic heterocycles. The van der Waals surface area contributed by atoms with E-state index in [2.05, 4.69) is 5.32 Å². The number of benzene rings is 4. The minimum absolute atomic E-state index is 0.00453. The van der Waals surface area contributed by atoms with E-state index < -0.39 is 42.6 Å². The zero-order valence-electron chi connectivity index (χ0n) is 22.6. The molecule has 0 saturated carbocycles. The number of fused-ring (bicyclic) bond motifs is 1. The Morgan fingerprint density at radius 3 is 1.89 bits per heavy atom. The highest BCUT2D eigenvalue weighted by atomic mass is 35.5. The molecule has 1 aliphatic rings. The average Bonchev–Trinajstić information content (AvgIpc) is 3.32. The van der Waals surface area contributed by atoms with Crippen LogP contribution in [-0.2, 0) is 36.3 Å². The summed E-state index contributed by atoms with van der Waals surface area (Å²) in [6.45, 7) is 0. The summed E-state index contributed by atoms with van der Waals surface area (Å²) in [7, 11) is -7.19. The van der Waals surface area contributed by atoms with Crippen LogP contribution in [0.1, 0.15) is 11.1 Å². The fourth-order valence-corrected chi connectivity index (χ4v) is 7.74. The maximum atomic E-state index is 14.5. The van der Waals surface area contributed by atoms with E-state index in [1.807, 2.05) is 0 Å². The minimum atomic E-state index is -4.93. The van der Waals surface area contributed by atoms with Crippen LogP contribution in [0.5, 0.6) is 11.5 Å². The number of halogens is 5. The van der Waals surface area contributed by atoms with Gasteiger partial charge in [-0.15, -0.1) is 0 Å². The second kappa shape index (κ2) is 11.3. The van der Waals surface area contributed by atoms with Crippen LogP contribution in [0.4, 0.5) is 24.5 Å². The summed E-state index contributed by atoms with van der Waals surface area (Å²) < 4.78 is 114. The molecule has 4 aromatic carbocycles. The second-order valence-electron chi connectivity index (χ2n) is 9.26. The molecule has 0 saturated heterocycles. The number of para-hydroxylation sites is 2. The van der Waals surface area contributed by atoms with Crippen molar-refractivity contribution in [1.82, 2.24) is 0 Å². The summed E-state index contributed by atoms with van der Waals surface area (Å²) in [4.78, 5) is -0.865. The van der Waals surface area contributed by atoms with Crippen molar-refractivity contribution in [3.8, 4) is 11.5 Å². The Labute approximate surface area is 260 Å². The zero-order chi connectivity index (χ0) is 32.1.